The monoisotopic (exact) mass is 483 g/mol. The highest BCUT2D eigenvalue weighted by molar-refractivity contribution is 9.10. The standard InChI is InChI=1S/C22H26BrN7O/c1-28-14-25-18-10-15(5-6-19(18)28)12-24-20-11-21(27-22-17(23)13-26-30(20)22)29-8-3-2-4-16(29)7-9-31/h5-6,10-11,13-14,16,24,31H,2-4,7-9,12H2,1H3/t16-/m0/s1. The van der Waals surface area contributed by atoms with Gasteiger partial charge in [0.2, 0.25) is 0 Å². The summed E-state index contributed by atoms with van der Waals surface area (Å²) in [6, 6.07) is 8.72. The van der Waals surface area contributed by atoms with Crippen molar-refractivity contribution in [3.8, 4) is 0 Å². The van der Waals surface area contributed by atoms with Gasteiger partial charge in [-0.25, -0.2) is 9.97 Å². The predicted molar refractivity (Wildman–Crippen MR) is 125 cm³/mol. The second-order valence-electron chi connectivity index (χ2n) is 8.11. The number of aliphatic hydroxyl groups excluding tert-OH is 1. The van der Waals surface area contributed by atoms with E-state index in [2.05, 4.69) is 60.5 Å². The lowest BCUT2D eigenvalue weighted by Crippen LogP contribution is -2.40. The molecule has 1 aliphatic heterocycles. The summed E-state index contributed by atoms with van der Waals surface area (Å²) >= 11 is 3.59. The fourth-order valence-corrected chi connectivity index (χ4v) is 4.78. The first-order valence-electron chi connectivity index (χ1n) is 10.7. The molecule has 4 heterocycles. The molecule has 0 unspecified atom stereocenters. The van der Waals surface area contributed by atoms with Gasteiger partial charge in [-0.3, -0.25) is 0 Å². The van der Waals surface area contributed by atoms with Gasteiger partial charge in [0, 0.05) is 38.9 Å². The first-order chi connectivity index (χ1) is 15.1. The van der Waals surface area contributed by atoms with Crippen LogP contribution in [0.25, 0.3) is 16.7 Å². The summed E-state index contributed by atoms with van der Waals surface area (Å²) in [4.78, 5) is 11.7. The summed E-state index contributed by atoms with van der Waals surface area (Å²) in [6.45, 7) is 1.80. The number of hydrogen-bond acceptors (Lipinski definition) is 6. The van der Waals surface area contributed by atoms with Crippen LogP contribution in [0.5, 0.6) is 0 Å². The van der Waals surface area contributed by atoms with E-state index in [1.807, 2.05) is 22.5 Å². The highest BCUT2D eigenvalue weighted by atomic mass is 79.9. The first kappa shape index (κ1) is 20.3. The molecule has 1 aliphatic rings. The molecule has 4 aromatic rings. The van der Waals surface area contributed by atoms with Gasteiger partial charge in [0.25, 0.3) is 0 Å². The molecule has 0 radical (unpaired) electrons. The van der Waals surface area contributed by atoms with E-state index in [4.69, 9.17) is 4.98 Å². The smallest absolute Gasteiger partial charge is 0.173 e. The van der Waals surface area contributed by atoms with Crippen molar-refractivity contribution in [2.45, 2.75) is 38.3 Å². The lowest BCUT2D eigenvalue weighted by molar-refractivity contribution is 0.262. The maximum absolute atomic E-state index is 9.52. The number of aryl methyl sites for hydroxylation is 1. The molecule has 5 rings (SSSR count). The number of fused-ring (bicyclic) bond motifs is 2. The highest BCUT2D eigenvalue weighted by Crippen LogP contribution is 2.30. The number of aromatic nitrogens is 5. The van der Waals surface area contributed by atoms with Gasteiger partial charge in [0.15, 0.2) is 5.65 Å². The Hall–Kier alpha value is -2.65. The number of piperidine rings is 1. The van der Waals surface area contributed by atoms with Crippen LogP contribution < -0.4 is 10.2 Å². The van der Waals surface area contributed by atoms with Crippen molar-refractivity contribution in [3.05, 3.63) is 46.8 Å². The van der Waals surface area contributed by atoms with E-state index in [0.29, 0.717) is 12.6 Å². The molecule has 162 valence electrons. The number of imidazole rings is 1. The number of anilines is 2. The number of nitrogens with zero attached hydrogens (tertiary/aromatic N) is 6. The van der Waals surface area contributed by atoms with Crippen molar-refractivity contribution in [1.29, 1.82) is 0 Å². The molecule has 0 spiro atoms. The van der Waals surface area contributed by atoms with E-state index < -0.39 is 0 Å². The Labute approximate surface area is 189 Å². The molecule has 1 aromatic carbocycles. The third kappa shape index (κ3) is 3.87. The average Bonchev–Trinajstić information content (AvgIpc) is 3.35. The maximum Gasteiger partial charge on any atom is 0.173 e. The summed E-state index contributed by atoms with van der Waals surface area (Å²) in [5, 5.41) is 17.6. The van der Waals surface area contributed by atoms with Crippen LogP contribution in [-0.2, 0) is 13.6 Å². The fourth-order valence-electron chi connectivity index (χ4n) is 4.43. The van der Waals surface area contributed by atoms with Crippen LogP contribution in [0.3, 0.4) is 0 Å². The van der Waals surface area contributed by atoms with Crippen LogP contribution in [-0.4, -0.2) is 48.4 Å². The molecule has 1 fully saturated rings. The van der Waals surface area contributed by atoms with E-state index in [1.165, 1.54) is 6.42 Å². The molecule has 0 bridgehead atoms. The second kappa shape index (κ2) is 8.47. The normalized spacial score (nSPS) is 17.0. The lowest BCUT2D eigenvalue weighted by atomic mass is 9.99. The van der Waals surface area contributed by atoms with E-state index >= 15 is 0 Å². The Morgan fingerprint density at radius 2 is 2.16 bits per heavy atom. The molecule has 2 N–H and O–H groups in total. The fraction of sp³-hybridized carbons (Fsp3) is 0.409. The topological polar surface area (TPSA) is 83.5 Å². The quantitative estimate of drug-likeness (QED) is 0.434. The minimum absolute atomic E-state index is 0.195. The molecule has 0 saturated carbocycles. The van der Waals surface area contributed by atoms with E-state index in [1.54, 1.807) is 6.20 Å². The van der Waals surface area contributed by atoms with Gasteiger partial charge in [0.05, 0.1) is 28.0 Å². The van der Waals surface area contributed by atoms with Crippen molar-refractivity contribution in [3.63, 3.8) is 0 Å². The molecule has 1 saturated heterocycles. The zero-order chi connectivity index (χ0) is 21.4. The lowest BCUT2D eigenvalue weighted by Gasteiger charge is -2.36. The van der Waals surface area contributed by atoms with Crippen molar-refractivity contribution in [1.82, 2.24) is 24.1 Å². The van der Waals surface area contributed by atoms with Crippen molar-refractivity contribution >= 4 is 44.2 Å². The number of hydrogen-bond donors (Lipinski definition) is 2. The van der Waals surface area contributed by atoms with Gasteiger partial charge < -0.3 is 19.9 Å². The number of halogens is 1. The van der Waals surface area contributed by atoms with E-state index in [0.717, 1.165) is 64.2 Å². The highest BCUT2D eigenvalue weighted by Gasteiger charge is 2.24. The van der Waals surface area contributed by atoms with Gasteiger partial charge in [0.1, 0.15) is 11.6 Å². The summed E-state index contributed by atoms with van der Waals surface area (Å²) in [6.07, 6.45) is 7.80. The Kier molecular flexibility index (Phi) is 5.54. The number of nitrogens with one attached hydrogen (secondary N) is 1. The minimum Gasteiger partial charge on any atom is -0.396 e. The van der Waals surface area contributed by atoms with Gasteiger partial charge >= 0.3 is 0 Å². The van der Waals surface area contributed by atoms with Crippen LogP contribution in [0, 0.1) is 0 Å². The van der Waals surface area contributed by atoms with Crippen LogP contribution in [0.15, 0.2) is 41.3 Å². The molecule has 31 heavy (non-hydrogen) atoms. The van der Waals surface area contributed by atoms with Gasteiger partial charge in [-0.15, -0.1) is 0 Å². The molecular weight excluding hydrogens is 458 g/mol. The number of aliphatic hydroxyl groups is 1. The first-order valence-corrected chi connectivity index (χ1v) is 11.5. The van der Waals surface area contributed by atoms with Crippen molar-refractivity contribution in [2.75, 3.05) is 23.4 Å². The third-order valence-corrected chi connectivity index (χ3v) is 6.62. The minimum atomic E-state index is 0.195. The number of rotatable bonds is 6. The van der Waals surface area contributed by atoms with Crippen LogP contribution in [0.2, 0.25) is 0 Å². The number of benzene rings is 1. The predicted octanol–water partition coefficient (Wildman–Crippen LogP) is 3.73. The van der Waals surface area contributed by atoms with Crippen molar-refractivity contribution in [2.24, 2.45) is 7.05 Å². The van der Waals surface area contributed by atoms with Crippen LogP contribution in [0.1, 0.15) is 31.2 Å². The Morgan fingerprint density at radius 3 is 3.03 bits per heavy atom. The Bertz CT molecular complexity index is 1220. The average molecular weight is 484 g/mol. The summed E-state index contributed by atoms with van der Waals surface area (Å²) in [5.74, 6) is 1.81. The van der Waals surface area contributed by atoms with Crippen LogP contribution in [0.4, 0.5) is 11.6 Å². The molecule has 0 aliphatic carbocycles. The summed E-state index contributed by atoms with van der Waals surface area (Å²) < 4.78 is 4.72. The SMILES string of the molecule is Cn1cnc2cc(CNc3cc(N4CCCC[C@H]4CCO)nc4c(Br)cnn34)ccc21. The Morgan fingerprint density at radius 1 is 1.26 bits per heavy atom. The Balaban J connectivity index is 1.46. The van der Waals surface area contributed by atoms with Crippen LogP contribution >= 0.6 is 15.9 Å². The third-order valence-electron chi connectivity index (χ3n) is 6.06. The zero-order valence-electron chi connectivity index (χ0n) is 17.5. The molecular formula is C22H26BrN7O. The zero-order valence-corrected chi connectivity index (χ0v) is 19.1. The summed E-state index contributed by atoms with van der Waals surface area (Å²) in [7, 11) is 2.00. The van der Waals surface area contributed by atoms with Gasteiger partial charge in [-0.1, -0.05) is 6.07 Å². The molecule has 1 atom stereocenters. The molecule has 3 aromatic heterocycles. The molecule has 0 amide bonds. The molecule has 9 heteroatoms. The van der Waals surface area contributed by atoms with E-state index in [9.17, 15) is 5.11 Å². The maximum atomic E-state index is 9.52. The van der Waals surface area contributed by atoms with Gasteiger partial charge in [-0.05, 0) is 59.3 Å². The second-order valence-corrected chi connectivity index (χ2v) is 8.97. The van der Waals surface area contributed by atoms with Crippen molar-refractivity contribution < 1.29 is 5.11 Å². The largest absolute Gasteiger partial charge is 0.396 e. The van der Waals surface area contributed by atoms with Gasteiger partial charge in [-0.2, -0.15) is 9.61 Å². The summed E-state index contributed by atoms with van der Waals surface area (Å²) in [5.41, 5.74) is 4.05. The molecule has 8 nitrogen and oxygen atoms in total. The van der Waals surface area contributed by atoms with E-state index in [-0.39, 0.29) is 6.61 Å².